The van der Waals surface area contributed by atoms with Gasteiger partial charge < -0.3 is 4.74 Å². The molecule has 3 nitrogen and oxygen atoms in total. The predicted molar refractivity (Wildman–Crippen MR) is 72.3 cm³/mol. The van der Waals surface area contributed by atoms with Crippen molar-refractivity contribution in [2.45, 2.75) is 53.0 Å². The van der Waals surface area contributed by atoms with Crippen molar-refractivity contribution in [2.24, 2.45) is 5.92 Å². The van der Waals surface area contributed by atoms with Crippen molar-refractivity contribution in [3.05, 3.63) is 0 Å². The molecule has 0 spiro atoms. The molecule has 0 aromatic heterocycles. The molecule has 3 heteroatoms. The van der Waals surface area contributed by atoms with Crippen LogP contribution in [0.2, 0.25) is 0 Å². The summed E-state index contributed by atoms with van der Waals surface area (Å²) in [6, 6.07) is 0. The fourth-order valence-corrected chi connectivity index (χ4v) is 2.43. The van der Waals surface area contributed by atoms with Gasteiger partial charge >= 0.3 is 0 Å². The minimum Gasteiger partial charge on any atom is -0.385 e. The molecule has 0 aromatic carbocycles. The van der Waals surface area contributed by atoms with E-state index >= 15 is 0 Å². The third-order valence-corrected chi connectivity index (χ3v) is 3.88. The molecule has 102 valence electrons. The van der Waals surface area contributed by atoms with Crippen molar-refractivity contribution in [3.63, 3.8) is 0 Å². The normalized spacial score (nSPS) is 16.9. The van der Waals surface area contributed by atoms with Crippen LogP contribution < -0.4 is 0 Å². The van der Waals surface area contributed by atoms with Crippen LogP contribution in [0, 0.1) is 5.92 Å². The summed E-state index contributed by atoms with van der Waals surface area (Å²) in [5.41, 5.74) is -0.323. The first-order chi connectivity index (χ1) is 7.97. The molecule has 0 saturated carbocycles. The monoisotopic (exact) mass is 243 g/mol. The van der Waals surface area contributed by atoms with Crippen molar-refractivity contribution < 1.29 is 9.53 Å². The SMILES string of the molecule is CCN(CC)C(C)(CC)C(=O)C(C)CCOC. The summed E-state index contributed by atoms with van der Waals surface area (Å²) in [5.74, 6) is 0.418. The lowest BCUT2D eigenvalue weighted by Crippen LogP contribution is -2.53. The maximum atomic E-state index is 12.6. The molecule has 0 bridgehead atoms. The van der Waals surface area contributed by atoms with Crippen molar-refractivity contribution in [1.29, 1.82) is 0 Å². The summed E-state index contributed by atoms with van der Waals surface area (Å²) in [6.45, 7) is 12.9. The summed E-state index contributed by atoms with van der Waals surface area (Å²) in [6.07, 6.45) is 1.68. The molecule has 0 rings (SSSR count). The lowest BCUT2D eigenvalue weighted by molar-refractivity contribution is -0.134. The van der Waals surface area contributed by atoms with Crippen LogP contribution in [-0.4, -0.2) is 43.0 Å². The molecule has 0 aliphatic rings. The molecule has 0 N–H and O–H groups in total. The number of carbonyl (C=O) groups excluding carboxylic acids is 1. The number of Topliss-reactive ketones (excluding diaryl/α,β-unsaturated/α-hetero) is 1. The molecule has 0 radical (unpaired) electrons. The van der Waals surface area contributed by atoms with Gasteiger partial charge in [-0.3, -0.25) is 9.69 Å². The van der Waals surface area contributed by atoms with Gasteiger partial charge in [0.05, 0.1) is 5.54 Å². The zero-order valence-electron chi connectivity index (χ0n) is 12.4. The molecule has 2 atom stereocenters. The molecular weight excluding hydrogens is 214 g/mol. The largest absolute Gasteiger partial charge is 0.385 e. The van der Waals surface area contributed by atoms with Crippen LogP contribution in [0.15, 0.2) is 0 Å². The lowest BCUT2D eigenvalue weighted by atomic mass is 9.83. The minimum absolute atomic E-state index is 0.0699. The van der Waals surface area contributed by atoms with E-state index in [1.807, 2.05) is 6.92 Å². The third kappa shape index (κ3) is 4.07. The van der Waals surface area contributed by atoms with E-state index in [0.29, 0.717) is 12.4 Å². The Hall–Kier alpha value is -0.410. The standard InChI is InChI=1S/C14H29NO2/c1-7-14(5,15(8-2)9-3)13(16)12(4)10-11-17-6/h12H,7-11H2,1-6H3. The average molecular weight is 243 g/mol. The van der Waals surface area contributed by atoms with Crippen molar-refractivity contribution >= 4 is 5.78 Å². The highest BCUT2D eigenvalue weighted by atomic mass is 16.5. The van der Waals surface area contributed by atoms with Gasteiger partial charge in [-0.25, -0.2) is 0 Å². The van der Waals surface area contributed by atoms with Gasteiger partial charge in [0.25, 0.3) is 0 Å². The summed E-state index contributed by atoms with van der Waals surface area (Å²) in [7, 11) is 1.68. The first-order valence-electron chi connectivity index (χ1n) is 6.76. The molecule has 0 fully saturated rings. The van der Waals surface area contributed by atoms with E-state index in [0.717, 1.165) is 25.9 Å². The third-order valence-electron chi connectivity index (χ3n) is 3.88. The lowest BCUT2D eigenvalue weighted by Gasteiger charge is -2.40. The van der Waals surface area contributed by atoms with Crippen molar-refractivity contribution in [3.8, 4) is 0 Å². The highest BCUT2D eigenvalue weighted by Crippen LogP contribution is 2.25. The number of hydrogen-bond acceptors (Lipinski definition) is 3. The second kappa shape index (κ2) is 7.83. The number of rotatable bonds is 9. The highest BCUT2D eigenvalue weighted by molar-refractivity contribution is 5.89. The van der Waals surface area contributed by atoms with E-state index in [4.69, 9.17) is 4.74 Å². The zero-order valence-corrected chi connectivity index (χ0v) is 12.4. The number of ether oxygens (including phenoxy) is 1. The number of likely N-dealkylation sites (N-methyl/N-ethyl adjacent to an activating group) is 1. The Bertz CT molecular complexity index is 226. The molecule has 0 aliphatic carbocycles. The minimum atomic E-state index is -0.323. The van der Waals surface area contributed by atoms with Crippen LogP contribution in [0.4, 0.5) is 0 Å². The molecular formula is C14H29NO2. The Balaban J connectivity index is 4.77. The van der Waals surface area contributed by atoms with E-state index in [2.05, 4.69) is 32.6 Å². The first-order valence-corrected chi connectivity index (χ1v) is 6.76. The Kier molecular flexibility index (Phi) is 7.64. The van der Waals surface area contributed by atoms with Gasteiger partial charge in [0.15, 0.2) is 5.78 Å². The van der Waals surface area contributed by atoms with E-state index in [9.17, 15) is 4.79 Å². The summed E-state index contributed by atoms with van der Waals surface area (Å²) in [5, 5.41) is 0. The van der Waals surface area contributed by atoms with E-state index in [1.165, 1.54) is 0 Å². The Morgan fingerprint density at radius 2 is 1.82 bits per heavy atom. The summed E-state index contributed by atoms with van der Waals surface area (Å²) < 4.78 is 5.06. The topological polar surface area (TPSA) is 29.5 Å². The maximum absolute atomic E-state index is 12.6. The number of ketones is 1. The van der Waals surface area contributed by atoms with Crippen LogP contribution in [0.25, 0.3) is 0 Å². The van der Waals surface area contributed by atoms with Crippen molar-refractivity contribution in [2.75, 3.05) is 26.8 Å². The Morgan fingerprint density at radius 1 is 1.29 bits per heavy atom. The van der Waals surface area contributed by atoms with Crippen molar-refractivity contribution in [1.82, 2.24) is 4.90 Å². The molecule has 0 aliphatic heterocycles. The number of carbonyl (C=O) groups is 1. The molecule has 0 saturated heterocycles. The van der Waals surface area contributed by atoms with Crippen LogP contribution in [0.1, 0.15) is 47.5 Å². The number of nitrogens with zero attached hydrogens (tertiary/aromatic N) is 1. The maximum Gasteiger partial charge on any atom is 0.155 e. The van der Waals surface area contributed by atoms with Crippen LogP contribution in [-0.2, 0) is 9.53 Å². The van der Waals surface area contributed by atoms with Crippen LogP contribution >= 0.6 is 0 Å². The molecule has 0 aromatic rings. The van der Waals surface area contributed by atoms with E-state index < -0.39 is 0 Å². The number of methoxy groups -OCH3 is 1. The van der Waals surface area contributed by atoms with Gasteiger partial charge in [-0.05, 0) is 32.9 Å². The number of hydrogen-bond donors (Lipinski definition) is 0. The van der Waals surface area contributed by atoms with Gasteiger partial charge in [-0.2, -0.15) is 0 Å². The van der Waals surface area contributed by atoms with Gasteiger partial charge in [0.1, 0.15) is 0 Å². The Morgan fingerprint density at radius 3 is 2.18 bits per heavy atom. The van der Waals surface area contributed by atoms with Gasteiger partial charge in [-0.1, -0.05) is 27.7 Å². The van der Waals surface area contributed by atoms with E-state index in [1.54, 1.807) is 7.11 Å². The van der Waals surface area contributed by atoms with Gasteiger partial charge in [0.2, 0.25) is 0 Å². The van der Waals surface area contributed by atoms with Crippen LogP contribution in [0.5, 0.6) is 0 Å². The molecule has 17 heavy (non-hydrogen) atoms. The fraction of sp³-hybridized carbons (Fsp3) is 0.929. The van der Waals surface area contributed by atoms with Crippen LogP contribution in [0.3, 0.4) is 0 Å². The highest BCUT2D eigenvalue weighted by Gasteiger charge is 2.38. The smallest absolute Gasteiger partial charge is 0.155 e. The molecule has 0 amide bonds. The fourth-order valence-electron chi connectivity index (χ4n) is 2.43. The molecule has 2 unspecified atom stereocenters. The first kappa shape index (κ1) is 16.6. The zero-order chi connectivity index (χ0) is 13.5. The molecule has 0 heterocycles. The quantitative estimate of drug-likeness (QED) is 0.623. The van der Waals surface area contributed by atoms with Gasteiger partial charge in [-0.15, -0.1) is 0 Å². The Labute approximate surface area is 107 Å². The second-order valence-corrected chi connectivity index (χ2v) is 4.85. The predicted octanol–water partition coefficient (Wildman–Crippen LogP) is 2.74. The second-order valence-electron chi connectivity index (χ2n) is 4.85. The summed E-state index contributed by atoms with van der Waals surface area (Å²) in [4.78, 5) is 14.8. The van der Waals surface area contributed by atoms with E-state index in [-0.39, 0.29) is 11.5 Å². The van der Waals surface area contributed by atoms with Gasteiger partial charge in [0, 0.05) is 19.6 Å². The average Bonchev–Trinajstić information content (AvgIpc) is 2.35. The summed E-state index contributed by atoms with van der Waals surface area (Å²) >= 11 is 0.